The van der Waals surface area contributed by atoms with Gasteiger partial charge in [-0.25, -0.2) is 8.42 Å². The Morgan fingerprint density at radius 3 is 2.45 bits per heavy atom. The Morgan fingerprint density at radius 2 is 1.95 bits per heavy atom. The molecule has 1 saturated heterocycles. The SMILES string of the molecule is O=[N+]([O-])c1ccc(S(=O)(=O)N2CCC(O)CC2)c(Cl)c1. The molecule has 0 unspecified atom stereocenters. The van der Waals surface area contributed by atoms with E-state index in [9.17, 15) is 23.6 Å². The Labute approximate surface area is 121 Å². The van der Waals surface area contributed by atoms with Crippen LogP contribution in [0.2, 0.25) is 5.02 Å². The average Bonchev–Trinajstić information content (AvgIpc) is 2.38. The predicted molar refractivity (Wildman–Crippen MR) is 72.1 cm³/mol. The molecule has 0 atom stereocenters. The molecule has 0 saturated carbocycles. The van der Waals surface area contributed by atoms with Crippen LogP contribution in [0.3, 0.4) is 0 Å². The minimum Gasteiger partial charge on any atom is -0.393 e. The number of nitro groups is 1. The number of aliphatic hydroxyl groups excluding tert-OH is 1. The van der Waals surface area contributed by atoms with Crippen molar-refractivity contribution in [1.29, 1.82) is 0 Å². The molecule has 0 amide bonds. The summed E-state index contributed by atoms with van der Waals surface area (Å²) in [5, 5.41) is 19.8. The van der Waals surface area contributed by atoms with E-state index in [2.05, 4.69) is 0 Å². The minimum atomic E-state index is -3.79. The topological polar surface area (TPSA) is 101 Å². The minimum absolute atomic E-state index is 0.152. The Hall–Kier alpha value is -1.22. The summed E-state index contributed by atoms with van der Waals surface area (Å²) in [5.74, 6) is 0. The first-order chi connectivity index (χ1) is 9.32. The maximum absolute atomic E-state index is 12.4. The van der Waals surface area contributed by atoms with Crippen LogP contribution in [0.15, 0.2) is 23.1 Å². The molecule has 20 heavy (non-hydrogen) atoms. The maximum atomic E-state index is 12.4. The van der Waals surface area contributed by atoms with Gasteiger partial charge in [0.1, 0.15) is 4.90 Å². The van der Waals surface area contributed by atoms with Crippen molar-refractivity contribution in [2.45, 2.75) is 23.8 Å². The fraction of sp³-hybridized carbons (Fsp3) is 0.455. The highest BCUT2D eigenvalue weighted by molar-refractivity contribution is 7.89. The number of aliphatic hydroxyl groups is 1. The Balaban J connectivity index is 2.32. The normalized spacial score (nSPS) is 18.1. The lowest BCUT2D eigenvalue weighted by Crippen LogP contribution is -2.40. The van der Waals surface area contributed by atoms with Gasteiger partial charge in [-0.15, -0.1) is 0 Å². The number of hydrogen-bond donors (Lipinski definition) is 1. The lowest BCUT2D eigenvalue weighted by atomic mass is 10.1. The van der Waals surface area contributed by atoms with Crippen LogP contribution < -0.4 is 0 Å². The molecule has 1 heterocycles. The van der Waals surface area contributed by atoms with Crippen molar-refractivity contribution < 1.29 is 18.4 Å². The monoisotopic (exact) mass is 320 g/mol. The van der Waals surface area contributed by atoms with Crippen LogP contribution in [0.25, 0.3) is 0 Å². The fourth-order valence-corrected chi connectivity index (χ4v) is 4.02. The third kappa shape index (κ3) is 2.93. The molecule has 1 N–H and O–H groups in total. The highest BCUT2D eigenvalue weighted by Crippen LogP contribution is 2.29. The molecule has 0 aliphatic carbocycles. The van der Waals surface area contributed by atoms with Crippen LogP contribution in [-0.4, -0.2) is 41.9 Å². The van der Waals surface area contributed by atoms with Crippen LogP contribution in [0, 0.1) is 10.1 Å². The molecule has 1 aliphatic rings. The summed E-state index contributed by atoms with van der Waals surface area (Å²) in [5.41, 5.74) is -0.261. The number of rotatable bonds is 3. The fourth-order valence-electron chi connectivity index (χ4n) is 2.03. The highest BCUT2D eigenvalue weighted by atomic mass is 35.5. The molecule has 1 aliphatic heterocycles. The second kappa shape index (κ2) is 5.65. The molecule has 7 nitrogen and oxygen atoms in total. The van der Waals surface area contributed by atoms with Gasteiger partial charge in [0.15, 0.2) is 0 Å². The lowest BCUT2D eigenvalue weighted by Gasteiger charge is -2.28. The first kappa shape index (κ1) is 15.2. The summed E-state index contributed by atoms with van der Waals surface area (Å²) in [6.07, 6.45) is 0.238. The van der Waals surface area contributed by atoms with Gasteiger partial charge in [0, 0.05) is 25.2 Å². The van der Waals surface area contributed by atoms with Gasteiger partial charge in [-0.2, -0.15) is 4.31 Å². The first-order valence-corrected chi connectivity index (χ1v) is 7.76. The Bertz CT molecular complexity index is 626. The molecular weight excluding hydrogens is 308 g/mol. The zero-order valence-electron chi connectivity index (χ0n) is 10.4. The van der Waals surface area contributed by atoms with Crippen LogP contribution in [0.4, 0.5) is 5.69 Å². The van der Waals surface area contributed by atoms with Crippen LogP contribution in [-0.2, 0) is 10.0 Å². The quantitative estimate of drug-likeness (QED) is 0.670. The number of hydrogen-bond acceptors (Lipinski definition) is 5. The molecule has 1 aromatic rings. The standard InChI is InChI=1S/C11H13ClN2O5S/c12-10-7-8(14(16)17)1-2-11(10)20(18,19)13-5-3-9(15)4-6-13/h1-2,7,9,15H,3-6H2. The second-order valence-corrected chi connectivity index (χ2v) is 6.82. The van der Waals surface area contributed by atoms with Crippen LogP contribution >= 0.6 is 11.6 Å². The van der Waals surface area contributed by atoms with Crippen molar-refractivity contribution in [3.63, 3.8) is 0 Å². The van der Waals surface area contributed by atoms with E-state index in [1.54, 1.807) is 0 Å². The largest absolute Gasteiger partial charge is 0.393 e. The van der Waals surface area contributed by atoms with E-state index in [4.69, 9.17) is 11.6 Å². The number of piperidine rings is 1. The van der Waals surface area contributed by atoms with Crippen LogP contribution in [0.1, 0.15) is 12.8 Å². The van der Waals surface area contributed by atoms with E-state index in [0.717, 1.165) is 18.2 Å². The van der Waals surface area contributed by atoms with Gasteiger partial charge in [0.25, 0.3) is 5.69 Å². The van der Waals surface area contributed by atoms with Gasteiger partial charge < -0.3 is 5.11 Å². The molecule has 9 heteroatoms. The molecule has 1 aromatic carbocycles. The van der Waals surface area contributed by atoms with Crippen LogP contribution in [0.5, 0.6) is 0 Å². The Morgan fingerprint density at radius 1 is 1.35 bits per heavy atom. The molecule has 0 radical (unpaired) electrons. The van der Waals surface area contributed by atoms with E-state index < -0.39 is 21.1 Å². The number of halogens is 1. The Kier molecular flexibility index (Phi) is 4.28. The van der Waals surface area contributed by atoms with Gasteiger partial charge in [0.2, 0.25) is 10.0 Å². The maximum Gasteiger partial charge on any atom is 0.271 e. The first-order valence-electron chi connectivity index (χ1n) is 5.94. The summed E-state index contributed by atoms with van der Waals surface area (Å²) in [4.78, 5) is 9.82. The molecule has 0 aromatic heterocycles. The van der Waals surface area contributed by atoms with Gasteiger partial charge in [-0.05, 0) is 18.9 Å². The average molecular weight is 321 g/mol. The zero-order valence-corrected chi connectivity index (χ0v) is 12.0. The predicted octanol–water partition coefficient (Wildman–Crippen LogP) is 1.39. The third-order valence-corrected chi connectivity index (χ3v) is 5.55. The highest BCUT2D eigenvalue weighted by Gasteiger charge is 2.30. The van der Waals surface area contributed by atoms with Crippen molar-refractivity contribution in [3.05, 3.63) is 33.3 Å². The van der Waals surface area contributed by atoms with Crippen molar-refractivity contribution in [2.24, 2.45) is 0 Å². The number of non-ortho nitro benzene ring substituents is 1. The number of nitro benzene ring substituents is 1. The molecular formula is C11H13ClN2O5S. The van der Waals surface area contributed by atoms with Crippen molar-refractivity contribution >= 4 is 27.3 Å². The van der Waals surface area contributed by atoms with E-state index in [0.29, 0.717) is 12.8 Å². The third-order valence-electron chi connectivity index (χ3n) is 3.17. The molecule has 1 fully saturated rings. The summed E-state index contributed by atoms with van der Waals surface area (Å²) in [7, 11) is -3.79. The number of sulfonamides is 1. The zero-order chi connectivity index (χ0) is 14.9. The molecule has 2 rings (SSSR count). The summed E-state index contributed by atoms with van der Waals surface area (Å²) in [6, 6.07) is 3.27. The van der Waals surface area contributed by atoms with Gasteiger partial charge in [-0.3, -0.25) is 10.1 Å². The summed E-state index contributed by atoms with van der Waals surface area (Å²) < 4.78 is 26.0. The molecule has 110 valence electrons. The summed E-state index contributed by atoms with van der Waals surface area (Å²) >= 11 is 5.85. The number of benzene rings is 1. The second-order valence-electron chi connectivity index (χ2n) is 4.51. The molecule has 0 spiro atoms. The van der Waals surface area contributed by atoms with E-state index >= 15 is 0 Å². The van der Waals surface area contributed by atoms with E-state index in [1.807, 2.05) is 0 Å². The van der Waals surface area contributed by atoms with Crippen molar-refractivity contribution in [1.82, 2.24) is 4.31 Å². The van der Waals surface area contributed by atoms with E-state index in [-0.39, 0.29) is 28.7 Å². The van der Waals surface area contributed by atoms with Crippen molar-refractivity contribution in [2.75, 3.05) is 13.1 Å². The van der Waals surface area contributed by atoms with E-state index in [1.165, 1.54) is 4.31 Å². The van der Waals surface area contributed by atoms with Gasteiger partial charge in [-0.1, -0.05) is 11.6 Å². The van der Waals surface area contributed by atoms with Crippen molar-refractivity contribution in [3.8, 4) is 0 Å². The molecule has 0 bridgehead atoms. The van der Waals surface area contributed by atoms with Gasteiger partial charge in [0.05, 0.1) is 16.0 Å². The summed E-state index contributed by atoms with van der Waals surface area (Å²) in [6.45, 7) is 0.410. The lowest BCUT2D eigenvalue weighted by molar-refractivity contribution is -0.384. The smallest absolute Gasteiger partial charge is 0.271 e. The number of nitrogens with zero attached hydrogens (tertiary/aromatic N) is 2. The van der Waals surface area contributed by atoms with Gasteiger partial charge >= 0.3 is 0 Å².